The van der Waals surface area contributed by atoms with Crippen LogP contribution in [0.15, 0.2) is 66.3 Å². The monoisotopic (exact) mass is 377 g/mol. The van der Waals surface area contributed by atoms with Crippen LogP contribution in [0.25, 0.3) is 17.5 Å². The summed E-state index contributed by atoms with van der Waals surface area (Å²) in [4.78, 5) is 20.0. The molecule has 0 radical (unpaired) electrons. The lowest BCUT2D eigenvalue weighted by Gasteiger charge is -2.31. The van der Waals surface area contributed by atoms with Crippen LogP contribution in [0.3, 0.4) is 0 Å². The van der Waals surface area contributed by atoms with Gasteiger partial charge in [-0.1, -0.05) is 36.4 Å². The Morgan fingerprint density at radius 1 is 1.15 bits per heavy atom. The van der Waals surface area contributed by atoms with Crippen LogP contribution in [0.5, 0.6) is 0 Å². The first-order valence-electron chi connectivity index (χ1n) is 9.36. The fourth-order valence-corrected chi connectivity index (χ4v) is 4.18. The highest BCUT2D eigenvalue weighted by molar-refractivity contribution is 7.10. The van der Waals surface area contributed by atoms with E-state index in [1.54, 1.807) is 17.4 Å². The van der Waals surface area contributed by atoms with Gasteiger partial charge < -0.3 is 9.47 Å². The molecule has 1 aliphatic heterocycles. The summed E-state index contributed by atoms with van der Waals surface area (Å²) in [5.74, 6) is 1.72. The average Bonchev–Trinajstić information content (AvgIpc) is 3.39. The lowest BCUT2D eigenvalue weighted by Crippen LogP contribution is -2.38. The van der Waals surface area contributed by atoms with Crippen molar-refractivity contribution in [2.24, 2.45) is 5.92 Å². The summed E-state index contributed by atoms with van der Waals surface area (Å²) in [6.45, 7) is 2.61. The predicted octanol–water partition coefficient (Wildman–Crippen LogP) is 4.56. The summed E-state index contributed by atoms with van der Waals surface area (Å²) in [6.07, 6.45) is 9.61. The number of carbonyl (C=O) groups excluding carboxylic acids is 1. The van der Waals surface area contributed by atoms with Crippen molar-refractivity contribution in [1.29, 1.82) is 0 Å². The summed E-state index contributed by atoms with van der Waals surface area (Å²) in [6, 6.07) is 14.3. The van der Waals surface area contributed by atoms with E-state index in [1.165, 1.54) is 0 Å². The Morgan fingerprint density at radius 2 is 1.96 bits per heavy atom. The highest BCUT2D eigenvalue weighted by atomic mass is 32.1. The van der Waals surface area contributed by atoms with Crippen molar-refractivity contribution >= 4 is 23.3 Å². The molecule has 0 saturated carbocycles. The number of amides is 1. The van der Waals surface area contributed by atoms with Crippen LogP contribution in [0.2, 0.25) is 0 Å². The maximum atomic E-state index is 12.4. The molecule has 5 heteroatoms. The molecular weight excluding hydrogens is 354 g/mol. The van der Waals surface area contributed by atoms with Gasteiger partial charge in [0.05, 0.1) is 0 Å². The number of thiophene rings is 1. The molecule has 0 bridgehead atoms. The fraction of sp³-hybridized carbons (Fsp3) is 0.273. The third kappa shape index (κ3) is 4.37. The molecule has 3 aromatic rings. The van der Waals surface area contributed by atoms with Crippen LogP contribution in [-0.2, 0) is 11.3 Å². The summed E-state index contributed by atoms with van der Waals surface area (Å²) in [5, 5.41) is 2.02. The van der Waals surface area contributed by atoms with E-state index in [0.29, 0.717) is 5.92 Å². The molecule has 4 rings (SSSR count). The molecule has 138 valence electrons. The minimum absolute atomic E-state index is 0.120. The number of rotatable bonds is 5. The molecule has 27 heavy (non-hydrogen) atoms. The van der Waals surface area contributed by atoms with Gasteiger partial charge in [0, 0.05) is 48.5 Å². The van der Waals surface area contributed by atoms with E-state index >= 15 is 0 Å². The molecule has 1 fully saturated rings. The second-order valence-electron chi connectivity index (χ2n) is 6.89. The van der Waals surface area contributed by atoms with E-state index in [1.807, 2.05) is 52.9 Å². The molecule has 0 N–H and O–H groups in total. The van der Waals surface area contributed by atoms with E-state index in [4.69, 9.17) is 0 Å². The van der Waals surface area contributed by atoms with Crippen LogP contribution in [-0.4, -0.2) is 33.4 Å². The smallest absolute Gasteiger partial charge is 0.246 e. The highest BCUT2D eigenvalue weighted by Gasteiger charge is 2.22. The van der Waals surface area contributed by atoms with Crippen molar-refractivity contribution in [1.82, 2.24) is 14.5 Å². The van der Waals surface area contributed by atoms with Crippen LogP contribution in [0, 0.1) is 5.92 Å². The summed E-state index contributed by atoms with van der Waals surface area (Å²) in [7, 11) is 0. The van der Waals surface area contributed by atoms with Crippen LogP contribution < -0.4 is 0 Å². The second kappa shape index (κ2) is 8.35. The number of hydrogen-bond acceptors (Lipinski definition) is 3. The lowest BCUT2D eigenvalue weighted by atomic mass is 9.96. The predicted molar refractivity (Wildman–Crippen MR) is 110 cm³/mol. The maximum Gasteiger partial charge on any atom is 0.246 e. The Kier molecular flexibility index (Phi) is 5.49. The van der Waals surface area contributed by atoms with Gasteiger partial charge in [0.15, 0.2) is 0 Å². The zero-order chi connectivity index (χ0) is 18.5. The van der Waals surface area contributed by atoms with Crippen LogP contribution in [0.1, 0.15) is 17.7 Å². The van der Waals surface area contributed by atoms with E-state index in [9.17, 15) is 4.79 Å². The molecule has 1 saturated heterocycles. The summed E-state index contributed by atoms with van der Waals surface area (Å²) >= 11 is 1.65. The van der Waals surface area contributed by atoms with Crippen molar-refractivity contribution in [2.45, 2.75) is 19.4 Å². The Hall–Kier alpha value is -2.66. The molecule has 3 heterocycles. The van der Waals surface area contributed by atoms with Crippen molar-refractivity contribution in [3.63, 3.8) is 0 Å². The molecule has 1 aliphatic rings. The Bertz CT molecular complexity index is 891. The third-order valence-electron chi connectivity index (χ3n) is 5.06. The molecule has 1 amide bonds. The van der Waals surface area contributed by atoms with E-state index in [-0.39, 0.29) is 5.91 Å². The standard InChI is InChI=1S/C22H23N3OS/c26-21(9-8-20-7-4-16-27-20)24-13-10-18(11-14-24)17-25-15-12-23-22(25)19-5-2-1-3-6-19/h1-9,12,15-16,18H,10-11,13-14,17H2/b9-8+. The van der Waals surface area contributed by atoms with Crippen molar-refractivity contribution in [3.8, 4) is 11.4 Å². The van der Waals surface area contributed by atoms with Crippen molar-refractivity contribution in [3.05, 3.63) is 71.2 Å². The first kappa shape index (κ1) is 17.7. The molecule has 0 spiro atoms. The van der Waals surface area contributed by atoms with Crippen molar-refractivity contribution < 1.29 is 4.79 Å². The Balaban J connectivity index is 1.33. The molecule has 4 nitrogen and oxygen atoms in total. The van der Waals surface area contributed by atoms with Gasteiger partial charge in [-0.3, -0.25) is 4.79 Å². The topological polar surface area (TPSA) is 38.1 Å². The quantitative estimate of drug-likeness (QED) is 0.611. The molecule has 0 unspecified atom stereocenters. The number of piperidine rings is 1. The number of aromatic nitrogens is 2. The number of imidazole rings is 1. The van der Waals surface area contributed by atoms with E-state index in [2.05, 4.69) is 27.9 Å². The largest absolute Gasteiger partial charge is 0.339 e. The van der Waals surface area contributed by atoms with E-state index in [0.717, 1.165) is 48.7 Å². The SMILES string of the molecule is O=C(/C=C/c1cccs1)N1CCC(Cn2ccnc2-c2ccccc2)CC1. The zero-order valence-electron chi connectivity index (χ0n) is 15.2. The van der Waals surface area contributed by atoms with Crippen LogP contribution >= 0.6 is 11.3 Å². The third-order valence-corrected chi connectivity index (χ3v) is 5.90. The number of hydrogen-bond donors (Lipinski definition) is 0. The second-order valence-corrected chi connectivity index (χ2v) is 7.87. The number of likely N-dealkylation sites (tertiary alicyclic amines) is 1. The van der Waals surface area contributed by atoms with Gasteiger partial charge in [0.1, 0.15) is 5.82 Å². The number of benzene rings is 1. The van der Waals surface area contributed by atoms with Gasteiger partial charge in [-0.05, 0) is 36.3 Å². The summed E-state index contributed by atoms with van der Waals surface area (Å²) in [5.41, 5.74) is 1.15. The highest BCUT2D eigenvalue weighted by Crippen LogP contribution is 2.23. The maximum absolute atomic E-state index is 12.4. The van der Waals surface area contributed by atoms with Crippen molar-refractivity contribution in [2.75, 3.05) is 13.1 Å². The lowest BCUT2D eigenvalue weighted by molar-refractivity contribution is -0.127. The number of nitrogens with zero attached hydrogens (tertiary/aromatic N) is 3. The molecular formula is C22H23N3OS. The van der Waals surface area contributed by atoms with Gasteiger partial charge in [-0.2, -0.15) is 0 Å². The molecule has 1 aromatic carbocycles. The number of carbonyl (C=O) groups is 1. The van der Waals surface area contributed by atoms with Gasteiger partial charge in [0.25, 0.3) is 0 Å². The normalized spacial score (nSPS) is 15.5. The van der Waals surface area contributed by atoms with Crippen LogP contribution in [0.4, 0.5) is 0 Å². The minimum Gasteiger partial charge on any atom is -0.339 e. The van der Waals surface area contributed by atoms with Gasteiger partial charge in [-0.25, -0.2) is 4.98 Å². The first-order valence-corrected chi connectivity index (χ1v) is 10.2. The minimum atomic E-state index is 0.120. The molecule has 2 aromatic heterocycles. The Morgan fingerprint density at radius 3 is 2.70 bits per heavy atom. The first-order chi connectivity index (χ1) is 13.3. The molecule has 0 atom stereocenters. The summed E-state index contributed by atoms with van der Waals surface area (Å²) < 4.78 is 2.24. The van der Waals surface area contributed by atoms with Gasteiger partial charge >= 0.3 is 0 Å². The molecule has 0 aliphatic carbocycles. The van der Waals surface area contributed by atoms with Gasteiger partial charge in [0.2, 0.25) is 5.91 Å². The van der Waals surface area contributed by atoms with Gasteiger partial charge in [-0.15, -0.1) is 11.3 Å². The Labute approximate surface area is 163 Å². The average molecular weight is 378 g/mol. The zero-order valence-corrected chi connectivity index (χ0v) is 16.0. The van der Waals surface area contributed by atoms with E-state index < -0.39 is 0 Å². The fourth-order valence-electron chi connectivity index (χ4n) is 3.56.